The van der Waals surface area contributed by atoms with Gasteiger partial charge >= 0.3 is 0 Å². The molecule has 1 heterocycles. The molecule has 0 radical (unpaired) electrons. The first-order chi connectivity index (χ1) is 6.74. The highest BCUT2D eigenvalue weighted by Gasteiger charge is 2.01. The molecule has 1 rings (SSSR count). The molecule has 0 aliphatic carbocycles. The van der Waals surface area contributed by atoms with E-state index in [9.17, 15) is 0 Å². The molecule has 0 bridgehead atoms. The fourth-order valence-electron chi connectivity index (χ4n) is 1.16. The zero-order valence-corrected chi connectivity index (χ0v) is 9.25. The molecule has 1 aromatic rings. The van der Waals surface area contributed by atoms with Crippen LogP contribution in [-0.4, -0.2) is 16.5 Å². The number of aromatic nitrogens is 2. The molecule has 14 heavy (non-hydrogen) atoms. The fourth-order valence-corrected chi connectivity index (χ4v) is 1.16. The second kappa shape index (κ2) is 5.70. The van der Waals surface area contributed by atoms with Gasteiger partial charge in [-0.15, -0.1) is 0 Å². The van der Waals surface area contributed by atoms with E-state index in [0.717, 1.165) is 30.9 Å². The largest absolute Gasteiger partial charge is 0.313 e. The van der Waals surface area contributed by atoms with Crippen LogP contribution in [0.25, 0.3) is 0 Å². The summed E-state index contributed by atoms with van der Waals surface area (Å²) in [4.78, 5) is 8.61. The lowest BCUT2D eigenvalue weighted by atomic mass is 10.2. The summed E-state index contributed by atoms with van der Waals surface area (Å²) in [5.74, 6) is 1.33. The van der Waals surface area contributed by atoms with Crippen molar-refractivity contribution in [2.75, 3.05) is 6.54 Å². The third-order valence-corrected chi connectivity index (χ3v) is 2.00. The van der Waals surface area contributed by atoms with Crippen molar-refractivity contribution in [3.8, 4) is 0 Å². The maximum atomic E-state index is 4.31. The van der Waals surface area contributed by atoms with Gasteiger partial charge in [0, 0.05) is 30.4 Å². The lowest BCUT2D eigenvalue weighted by Gasteiger charge is -2.05. The number of rotatable bonds is 5. The Morgan fingerprint density at radius 3 is 2.43 bits per heavy atom. The van der Waals surface area contributed by atoms with Crippen molar-refractivity contribution in [2.24, 2.45) is 0 Å². The van der Waals surface area contributed by atoms with Crippen molar-refractivity contribution in [3.63, 3.8) is 0 Å². The van der Waals surface area contributed by atoms with E-state index in [2.05, 4.69) is 36.1 Å². The summed E-state index contributed by atoms with van der Waals surface area (Å²) in [5.41, 5.74) is 1.16. The molecule has 0 saturated heterocycles. The molecular weight excluding hydrogens is 174 g/mol. The summed E-state index contributed by atoms with van der Waals surface area (Å²) in [6.45, 7) is 8.28. The monoisotopic (exact) mass is 193 g/mol. The molecule has 0 unspecified atom stereocenters. The zero-order valence-electron chi connectivity index (χ0n) is 9.25. The topological polar surface area (TPSA) is 37.8 Å². The zero-order chi connectivity index (χ0) is 10.4. The molecule has 0 aliphatic heterocycles. The van der Waals surface area contributed by atoms with E-state index in [1.807, 2.05) is 12.4 Å². The molecule has 0 saturated carbocycles. The van der Waals surface area contributed by atoms with Gasteiger partial charge < -0.3 is 5.32 Å². The highest BCUT2D eigenvalue weighted by molar-refractivity contribution is 5.06. The van der Waals surface area contributed by atoms with Crippen molar-refractivity contribution >= 4 is 0 Å². The molecule has 78 valence electrons. The Hall–Kier alpha value is -0.960. The Kier molecular flexibility index (Phi) is 4.53. The number of nitrogens with one attached hydrogen (secondary N) is 1. The predicted molar refractivity (Wildman–Crippen MR) is 58.1 cm³/mol. The van der Waals surface area contributed by atoms with Gasteiger partial charge in [0.15, 0.2) is 0 Å². The molecule has 0 fully saturated rings. The summed E-state index contributed by atoms with van der Waals surface area (Å²) in [5, 5.41) is 3.32. The first-order valence-corrected chi connectivity index (χ1v) is 5.25. The summed E-state index contributed by atoms with van der Waals surface area (Å²) < 4.78 is 0. The summed E-state index contributed by atoms with van der Waals surface area (Å²) in [6, 6.07) is 0. The normalized spacial score (nSPS) is 10.9. The number of nitrogens with zero attached hydrogens (tertiary/aromatic N) is 2. The third-order valence-electron chi connectivity index (χ3n) is 2.00. The maximum Gasteiger partial charge on any atom is 0.130 e. The quantitative estimate of drug-likeness (QED) is 0.728. The van der Waals surface area contributed by atoms with Crippen LogP contribution in [0.2, 0.25) is 0 Å². The second-order valence-corrected chi connectivity index (χ2v) is 3.78. The minimum Gasteiger partial charge on any atom is -0.313 e. The minimum absolute atomic E-state index is 0.410. The van der Waals surface area contributed by atoms with E-state index in [0.29, 0.717) is 5.92 Å². The van der Waals surface area contributed by atoms with Crippen LogP contribution in [0.5, 0.6) is 0 Å². The van der Waals surface area contributed by atoms with Gasteiger partial charge in [-0.25, -0.2) is 9.97 Å². The van der Waals surface area contributed by atoms with E-state index < -0.39 is 0 Å². The minimum atomic E-state index is 0.410. The number of hydrogen-bond acceptors (Lipinski definition) is 3. The van der Waals surface area contributed by atoms with Crippen LogP contribution in [0, 0.1) is 0 Å². The SMILES string of the molecule is CCCNCc1cnc(C(C)C)nc1. The molecule has 1 N–H and O–H groups in total. The Bertz CT molecular complexity index is 254. The Morgan fingerprint density at radius 1 is 1.29 bits per heavy atom. The van der Waals surface area contributed by atoms with Gasteiger partial charge in [-0.1, -0.05) is 20.8 Å². The molecule has 0 amide bonds. The lowest BCUT2D eigenvalue weighted by Crippen LogP contribution is -2.14. The highest BCUT2D eigenvalue weighted by atomic mass is 14.9. The average molecular weight is 193 g/mol. The van der Waals surface area contributed by atoms with Gasteiger partial charge in [-0.2, -0.15) is 0 Å². The number of hydrogen-bond donors (Lipinski definition) is 1. The Balaban J connectivity index is 2.47. The van der Waals surface area contributed by atoms with E-state index in [-0.39, 0.29) is 0 Å². The van der Waals surface area contributed by atoms with Gasteiger partial charge in [0.1, 0.15) is 5.82 Å². The van der Waals surface area contributed by atoms with Gasteiger partial charge in [0.25, 0.3) is 0 Å². The van der Waals surface area contributed by atoms with Crippen LogP contribution in [0.15, 0.2) is 12.4 Å². The van der Waals surface area contributed by atoms with E-state index in [1.54, 1.807) is 0 Å². The first kappa shape index (κ1) is 11.1. The van der Waals surface area contributed by atoms with Crippen molar-refractivity contribution in [3.05, 3.63) is 23.8 Å². The van der Waals surface area contributed by atoms with Crippen molar-refractivity contribution < 1.29 is 0 Å². The predicted octanol–water partition coefficient (Wildman–Crippen LogP) is 2.10. The summed E-state index contributed by atoms with van der Waals surface area (Å²) in [7, 11) is 0. The second-order valence-electron chi connectivity index (χ2n) is 3.78. The molecule has 3 nitrogen and oxygen atoms in total. The van der Waals surface area contributed by atoms with Gasteiger partial charge in [0.05, 0.1) is 0 Å². The average Bonchev–Trinajstić information content (AvgIpc) is 2.19. The molecule has 0 aliphatic rings. The van der Waals surface area contributed by atoms with Crippen LogP contribution < -0.4 is 5.32 Å². The molecule has 0 spiro atoms. The lowest BCUT2D eigenvalue weighted by molar-refractivity contribution is 0.667. The maximum absolute atomic E-state index is 4.31. The third kappa shape index (κ3) is 3.42. The molecule has 1 aromatic heterocycles. The summed E-state index contributed by atoms with van der Waals surface area (Å²) in [6.07, 6.45) is 4.97. The van der Waals surface area contributed by atoms with Crippen LogP contribution in [-0.2, 0) is 6.54 Å². The van der Waals surface area contributed by atoms with Gasteiger partial charge in [-0.05, 0) is 13.0 Å². The van der Waals surface area contributed by atoms with Crippen LogP contribution in [0.4, 0.5) is 0 Å². The highest BCUT2D eigenvalue weighted by Crippen LogP contribution is 2.07. The Labute approximate surface area is 86.0 Å². The van der Waals surface area contributed by atoms with Crippen molar-refractivity contribution in [1.29, 1.82) is 0 Å². The molecular formula is C11H19N3. The van der Waals surface area contributed by atoms with Crippen LogP contribution in [0.3, 0.4) is 0 Å². The van der Waals surface area contributed by atoms with Crippen LogP contribution >= 0.6 is 0 Å². The van der Waals surface area contributed by atoms with E-state index >= 15 is 0 Å². The molecule has 3 heteroatoms. The first-order valence-electron chi connectivity index (χ1n) is 5.25. The van der Waals surface area contributed by atoms with Crippen molar-refractivity contribution in [2.45, 2.75) is 39.7 Å². The standard InChI is InChI=1S/C11H19N3/c1-4-5-12-6-10-7-13-11(9(2)3)14-8-10/h7-9,12H,4-6H2,1-3H3. The van der Waals surface area contributed by atoms with Crippen molar-refractivity contribution in [1.82, 2.24) is 15.3 Å². The smallest absolute Gasteiger partial charge is 0.130 e. The fraction of sp³-hybridized carbons (Fsp3) is 0.636. The Morgan fingerprint density at radius 2 is 1.93 bits per heavy atom. The molecule has 0 atom stereocenters. The van der Waals surface area contributed by atoms with Gasteiger partial charge in [0.2, 0.25) is 0 Å². The van der Waals surface area contributed by atoms with Gasteiger partial charge in [-0.3, -0.25) is 0 Å². The van der Waals surface area contributed by atoms with Crippen LogP contribution in [0.1, 0.15) is 44.5 Å². The van der Waals surface area contributed by atoms with E-state index in [4.69, 9.17) is 0 Å². The van der Waals surface area contributed by atoms with E-state index in [1.165, 1.54) is 0 Å². The summed E-state index contributed by atoms with van der Waals surface area (Å²) >= 11 is 0. The molecule has 0 aromatic carbocycles.